The lowest BCUT2D eigenvalue weighted by Crippen LogP contribution is -2.38. The van der Waals surface area contributed by atoms with E-state index in [4.69, 9.17) is 4.74 Å². The number of hydrogen-bond donors (Lipinski definition) is 1. The molecule has 1 saturated heterocycles. The lowest BCUT2D eigenvalue weighted by atomic mass is 9.95. The standard InChI is InChI=1S/C32H25F6N3O4/c33-31(34,35)22-11-13-29(45-28-9-5-4-8-24(28)20-6-2-1-3-7-20)25(18-22)39-30(42)21-14-16-40(17-15-21)26-12-10-23(32(36,37)38)19-27(26)41(43)44/h1-13,18-19,21H,14-17H2,(H,39,42). The highest BCUT2D eigenvalue weighted by atomic mass is 19.4. The van der Waals surface area contributed by atoms with Crippen molar-refractivity contribution >= 4 is 23.0 Å². The molecule has 0 bridgehead atoms. The smallest absolute Gasteiger partial charge is 0.416 e. The number of amides is 1. The van der Waals surface area contributed by atoms with E-state index in [0.29, 0.717) is 17.4 Å². The Bertz CT molecular complexity index is 1700. The van der Waals surface area contributed by atoms with Crippen LogP contribution in [0.4, 0.5) is 43.4 Å². The highest BCUT2D eigenvalue weighted by Crippen LogP contribution is 2.41. The zero-order valence-corrected chi connectivity index (χ0v) is 23.4. The number of benzene rings is 4. The molecule has 1 amide bonds. The van der Waals surface area contributed by atoms with Gasteiger partial charge in [0.2, 0.25) is 5.91 Å². The Kier molecular flexibility index (Phi) is 8.71. The van der Waals surface area contributed by atoms with Crippen LogP contribution in [0.25, 0.3) is 11.1 Å². The van der Waals surface area contributed by atoms with Crippen molar-refractivity contribution in [3.8, 4) is 22.6 Å². The maximum Gasteiger partial charge on any atom is 0.416 e. The number of carbonyl (C=O) groups excluding carboxylic acids is 1. The molecule has 0 unspecified atom stereocenters. The molecule has 1 heterocycles. The highest BCUT2D eigenvalue weighted by Gasteiger charge is 2.36. The molecule has 234 valence electrons. The average molecular weight is 630 g/mol. The summed E-state index contributed by atoms with van der Waals surface area (Å²) in [6.45, 7) is 0.196. The van der Waals surface area contributed by atoms with Gasteiger partial charge in [-0.05, 0) is 54.8 Å². The molecule has 0 spiro atoms. The molecule has 1 aliphatic heterocycles. The Hall–Kier alpha value is -5.07. The quantitative estimate of drug-likeness (QED) is 0.125. The van der Waals surface area contributed by atoms with Gasteiger partial charge in [-0.25, -0.2) is 0 Å². The monoisotopic (exact) mass is 629 g/mol. The average Bonchev–Trinajstić information content (AvgIpc) is 3.01. The number of alkyl halides is 6. The number of halogens is 6. The zero-order chi connectivity index (χ0) is 32.4. The number of ether oxygens (including phenoxy) is 1. The molecular weight excluding hydrogens is 604 g/mol. The van der Waals surface area contributed by atoms with Gasteiger partial charge in [-0.1, -0.05) is 48.5 Å². The molecule has 0 atom stereocenters. The maximum atomic E-state index is 13.6. The number of carbonyl (C=O) groups is 1. The van der Waals surface area contributed by atoms with Crippen molar-refractivity contribution in [1.82, 2.24) is 0 Å². The van der Waals surface area contributed by atoms with Crippen LogP contribution in [0, 0.1) is 16.0 Å². The number of para-hydroxylation sites is 1. The zero-order valence-electron chi connectivity index (χ0n) is 23.4. The molecule has 0 aliphatic carbocycles. The van der Waals surface area contributed by atoms with Crippen molar-refractivity contribution in [2.75, 3.05) is 23.3 Å². The van der Waals surface area contributed by atoms with Crippen molar-refractivity contribution in [1.29, 1.82) is 0 Å². The number of nitro benzene ring substituents is 1. The molecule has 13 heteroatoms. The molecule has 0 aromatic heterocycles. The van der Waals surface area contributed by atoms with Crippen LogP contribution in [0.5, 0.6) is 11.5 Å². The minimum Gasteiger partial charge on any atom is -0.455 e. The van der Waals surface area contributed by atoms with Crippen molar-refractivity contribution in [3.63, 3.8) is 0 Å². The summed E-state index contributed by atoms with van der Waals surface area (Å²) in [5, 5.41) is 14.1. The van der Waals surface area contributed by atoms with E-state index in [0.717, 1.165) is 35.9 Å². The van der Waals surface area contributed by atoms with Crippen LogP contribution < -0.4 is 15.0 Å². The van der Waals surface area contributed by atoms with E-state index >= 15 is 0 Å². The molecular formula is C32H25F6N3O4. The Labute approximate surface area is 253 Å². The summed E-state index contributed by atoms with van der Waals surface area (Å²) in [4.78, 5) is 25.5. The Balaban J connectivity index is 1.35. The van der Waals surface area contributed by atoms with Gasteiger partial charge in [-0.3, -0.25) is 14.9 Å². The minimum atomic E-state index is -4.76. The summed E-state index contributed by atoms with van der Waals surface area (Å²) in [5.41, 5.74) is -1.58. The van der Waals surface area contributed by atoms with Crippen LogP contribution in [0.1, 0.15) is 24.0 Å². The van der Waals surface area contributed by atoms with E-state index in [1.807, 2.05) is 30.3 Å². The Morgan fingerprint density at radius 2 is 1.40 bits per heavy atom. The highest BCUT2D eigenvalue weighted by molar-refractivity contribution is 5.94. The van der Waals surface area contributed by atoms with Crippen LogP contribution in [0.2, 0.25) is 0 Å². The third kappa shape index (κ3) is 7.19. The predicted molar refractivity (Wildman–Crippen MR) is 155 cm³/mol. The van der Waals surface area contributed by atoms with E-state index in [2.05, 4.69) is 5.32 Å². The van der Waals surface area contributed by atoms with Gasteiger partial charge in [0.15, 0.2) is 5.75 Å². The van der Waals surface area contributed by atoms with E-state index < -0.39 is 45.9 Å². The SMILES string of the molecule is O=C(Nc1cc(C(F)(F)F)ccc1Oc1ccccc1-c1ccccc1)C1CCN(c2ccc(C(F)(F)F)cc2[N+](=O)[O-])CC1. The maximum absolute atomic E-state index is 13.6. The van der Waals surface area contributed by atoms with E-state index in [-0.39, 0.29) is 43.1 Å². The molecule has 7 nitrogen and oxygen atoms in total. The lowest BCUT2D eigenvalue weighted by molar-refractivity contribution is -0.384. The molecule has 0 saturated carbocycles. The fourth-order valence-corrected chi connectivity index (χ4v) is 5.15. The third-order valence-corrected chi connectivity index (χ3v) is 7.46. The fraction of sp³-hybridized carbons (Fsp3) is 0.219. The van der Waals surface area contributed by atoms with Crippen molar-refractivity contribution in [2.45, 2.75) is 25.2 Å². The number of nitrogens with zero attached hydrogens (tertiary/aromatic N) is 2. The largest absolute Gasteiger partial charge is 0.455 e. The van der Waals surface area contributed by atoms with Crippen molar-refractivity contribution < 1.29 is 40.8 Å². The molecule has 0 radical (unpaired) electrons. The molecule has 5 rings (SSSR count). The molecule has 1 fully saturated rings. The van der Waals surface area contributed by atoms with Gasteiger partial charge in [0.25, 0.3) is 5.69 Å². The van der Waals surface area contributed by atoms with Crippen molar-refractivity contribution in [2.24, 2.45) is 5.92 Å². The number of nitro groups is 1. The van der Waals surface area contributed by atoms with Crippen molar-refractivity contribution in [3.05, 3.63) is 112 Å². The van der Waals surface area contributed by atoms with Gasteiger partial charge in [0.1, 0.15) is 11.4 Å². The van der Waals surface area contributed by atoms with E-state index in [1.54, 1.807) is 24.3 Å². The second-order valence-corrected chi connectivity index (χ2v) is 10.4. The second-order valence-electron chi connectivity index (χ2n) is 10.4. The van der Waals surface area contributed by atoms with Gasteiger partial charge in [0, 0.05) is 30.6 Å². The number of piperidine rings is 1. The lowest BCUT2D eigenvalue weighted by Gasteiger charge is -2.33. The van der Waals surface area contributed by atoms with Crippen LogP contribution in [0.3, 0.4) is 0 Å². The first-order valence-corrected chi connectivity index (χ1v) is 13.8. The van der Waals surface area contributed by atoms with E-state index in [1.165, 1.54) is 4.90 Å². The first-order valence-electron chi connectivity index (χ1n) is 13.8. The summed E-state index contributed by atoms with van der Waals surface area (Å²) in [6.07, 6.45) is -9.16. The predicted octanol–water partition coefficient (Wildman–Crippen LogP) is 8.95. The summed E-state index contributed by atoms with van der Waals surface area (Å²) in [6, 6.07) is 21.2. The summed E-state index contributed by atoms with van der Waals surface area (Å²) >= 11 is 0. The van der Waals surface area contributed by atoms with Crippen LogP contribution in [0.15, 0.2) is 91.0 Å². The molecule has 45 heavy (non-hydrogen) atoms. The minimum absolute atomic E-state index is 0.0162. The van der Waals surface area contributed by atoms with E-state index in [9.17, 15) is 41.3 Å². The molecule has 1 N–H and O–H groups in total. The van der Waals surface area contributed by atoms with Gasteiger partial charge in [0.05, 0.1) is 21.7 Å². The second kappa shape index (κ2) is 12.5. The van der Waals surface area contributed by atoms with Gasteiger partial charge in [-0.15, -0.1) is 0 Å². The Morgan fingerprint density at radius 1 is 0.800 bits per heavy atom. The number of rotatable bonds is 7. The van der Waals surface area contributed by atoms with Crippen LogP contribution in [-0.2, 0) is 17.1 Å². The number of hydrogen-bond acceptors (Lipinski definition) is 5. The van der Waals surface area contributed by atoms with Gasteiger partial charge < -0.3 is 15.0 Å². The third-order valence-electron chi connectivity index (χ3n) is 7.46. The fourth-order valence-electron chi connectivity index (χ4n) is 5.15. The topological polar surface area (TPSA) is 84.7 Å². The van der Waals surface area contributed by atoms with Gasteiger partial charge in [-0.2, -0.15) is 26.3 Å². The molecule has 4 aromatic carbocycles. The molecule has 4 aromatic rings. The first kappa shape index (κ1) is 31.4. The summed E-state index contributed by atoms with van der Waals surface area (Å²) < 4.78 is 86.2. The van der Waals surface area contributed by atoms with Crippen LogP contribution in [-0.4, -0.2) is 23.9 Å². The number of anilines is 2. The van der Waals surface area contributed by atoms with Gasteiger partial charge >= 0.3 is 12.4 Å². The van der Waals surface area contributed by atoms with Crippen LogP contribution >= 0.6 is 0 Å². The number of nitrogens with one attached hydrogen (secondary N) is 1. The Morgan fingerprint density at radius 3 is 2.04 bits per heavy atom. The summed E-state index contributed by atoms with van der Waals surface area (Å²) in [7, 11) is 0. The molecule has 1 aliphatic rings. The normalized spacial score (nSPS) is 14.2. The first-order chi connectivity index (χ1) is 21.3. The summed E-state index contributed by atoms with van der Waals surface area (Å²) in [5.74, 6) is -0.936.